The maximum Gasteiger partial charge on any atom is 0.245 e. The molecule has 0 aliphatic carbocycles. The average molecular weight is 337 g/mol. The summed E-state index contributed by atoms with van der Waals surface area (Å²) < 4.78 is 31.8. The standard InChI is InChI=1S/C10H13BrN2O4S/c1-6(10(12)14)13-18(15,16)9-5-7(11)3-4-8(9)17-2/h3-6,13H,1-2H3,(H2,12,14). The van der Waals surface area contributed by atoms with Gasteiger partial charge in [0, 0.05) is 4.47 Å². The first-order valence-corrected chi connectivity index (χ1v) is 7.20. The van der Waals surface area contributed by atoms with Crippen molar-refractivity contribution in [2.24, 2.45) is 5.73 Å². The van der Waals surface area contributed by atoms with Crippen molar-refractivity contribution in [2.45, 2.75) is 17.9 Å². The zero-order chi connectivity index (χ0) is 13.9. The zero-order valence-corrected chi connectivity index (χ0v) is 12.2. The molecule has 1 atom stereocenters. The van der Waals surface area contributed by atoms with Gasteiger partial charge in [-0.25, -0.2) is 8.42 Å². The average Bonchev–Trinajstić information content (AvgIpc) is 2.28. The summed E-state index contributed by atoms with van der Waals surface area (Å²) in [4.78, 5) is 10.8. The Labute approximate surface area is 114 Å². The number of benzene rings is 1. The lowest BCUT2D eigenvalue weighted by Crippen LogP contribution is -2.42. The Hall–Kier alpha value is -1.12. The second-order valence-electron chi connectivity index (χ2n) is 3.54. The number of methoxy groups -OCH3 is 1. The van der Waals surface area contributed by atoms with Crippen molar-refractivity contribution in [3.8, 4) is 5.75 Å². The van der Waals surface area contributed by atoms with Crippen molar-refractivity contribution in [3.05, 3.63) is 22.7 Å². The largest absolute Gasteiger partial charge is 0.495 e. The number of ether oxygens (including phenoxy) is 1. The van der Waals surface area contributed by atoms with Crippen molar-refractivity contribution < 1.29 is 17.9 Å². The molecule has 0 spiro atoms. The van der Waals surface area contributed by atoms with Crippen LogP contribution in [0.3, 0.4) is 0 Å². The highest BCUT2D eigenvalue weighted by molar-refractivity contribution is 9.10. The van der Waals surface area contributed by atoms with E-state index in [9.17, 15) is 13.2 Å². The molecule has 18 heavy (non-hydrogen) atoms. The number of nitrogens with one attached hydrogen (secondary N) is 1. The molecule has 0 aromatic heterocycles. The molecular formula is C10H13BrN2O4S. The lowest BCUT2D eigenvalue weighted by atomic mass is 10.3. The molecule has 0 heterocycles. The van der Waals surface area contributed by atoms with Gasteiger partial charge in [0.2, 0.25) is 15.9 Å². The van der Waals surface area contributed by atoms with Crippen LogP contribution in [-0.2, 0) is 14.8 Å². The summed E-state index contributed by atoms with van der Waals surface area (Å²) in [5.74, 6) is -0.574. The topological polar surface area (TPSA) is 98.5 Å². The molecular weight excluding hydrogens is 324 g/mol. The molecule has 8 heteroatoms. The quantitative estimate of drug-likeness (QED) is 0.822. The van der Waals surface area contributed by atoms with Crippen LogP contribution in [-0.4, -0.2) is 27.5 Å². The molecule has 1 unspecified atom stereocenters. The third-order valence-corrected chi connectivity index (χ3v) is 4.23. The second-order valence-corrected chi connectivity index (χ2v) is 6.14. The summed E-state index contributed by atoms with van der Waals surface area (Å²) in [6.07, 6.45) is 0. The number of rotatable bonds is 5. The normalized spacial score (nSPS) is 13.1. The predicted molar refractivity (Wildman–Crippen MR) is 69.7 cm³/mol. The van der Waals surface area contributed by atoms with Gasteiger partial charge in [0.15, 0.2) is 0 Å². The Morgan fingerprint density at radius 2 is 2.11 bits per heavy atom. The fraction of sp³-hybridized carbons (Fsp3) is 0.300. The Morgan fingerprint density at radius 1 is 1.50 bits per heavy atom. The highest BCUT2D eigenvalue weighted by Gasteiger charge is 2.24. The smallest absolute Gasteiger partial charge is 0.245 e. The Morgan fingerprint density at radius 3 is 2.61 bits per heavy atom. The molecule has 0 aliphatic rings. The molecule has 0 aliphatic heterocycles. The summed E-state index contributed by atoms with van der Waals surface area (Å²) in [5, 5.41) is 0. The molecule has 0 radical (unpaired) electrons. The maximum absolute atomic E-state index is 12.1. The fourth-order valence-corrected chi connectivity index (χ4v) is 3.13. The first-order valence-electron chi connectivity index (χ1n) is 4.93. The molecule has 0 bridgehead atoms. The van der Waals surface area contributed by atoms with Gasteiger partial charge in [-0.3, -0.25) is 4.79 Å². The summed E-state index contributed by atoms with van der Waals surface area (Å²) in [5.41, 5.74) is 5.02. The summed E-state index contributed by atoms with van der Waals surface area (Å²) in [7, 11) is -2.51. The van der Waals surface area contributed by atoms with E-state index in [0.29, 0.717) is 4.47 Å². The number of amides is 1. The van der Waals surface area contributed by atoms with Crippen molar-refractivity contribution in [1.82, 2.24) is 4.72 Å². The van der Waals surface area contributed by atoms with Crippen LogP contribution in [0.4, 0.5) is 0 Å². The van der Waals surface area contributed by atoms with E-state index >= 15 is 0 Å². The first-order chi connectivity index (χ1) is 8.27. The molecule has 100 valence electrons. The predicted octanol–water partition coefficient (Wildman–Crippen LogP) is 0.610. The van der Waals surface area contributed by atoms with Gasteiger partial charge in [-0.2, -0.15) is 4.72 Å². The monoisotopic (exact) mass is 336 g/mol. The molecule has 1 aromatic rings. The van der Waals surface area contributed by atoms with E-state index in [-0.39, 0.29) is 10.6 Å². The van der Waals surface area contributed by atoms with Crippen LogP contribution in [0.15, 0.2) is 27.6 Å². The number of sulfonamides is 1. The number of primary amides is 1. The molecule has 0 fully saturated rings. The first kappa shape index (κ1) is 14.9. The van der Waals surface area contributed by atoms with Gasteiger partial charge in [0.25, 0.3) is 0 Å². The lowest BCUT2D eigenvalue weighted by molar-refractivity contribution is -0.119. The minimum Gasteiger partial charge on any atom is -0.495 e. The highest BCUT2D eigenvalue weighted by Crippen LogP contribution is 2.27. The van der Waals surface area contributed by atoms with Gasteiger partial charge >= 0.3 is 0 Å². The maximum atomic E-state index is 12.1. The van der Waals surface area contributed by atoms with E-state index < -0.39 is 22.0 Å². The lowest BCUT2D eigenvalue weighted by Gasteiger charge is -2.13. The second kappa shape index (κ2) is 5.68. The van der Waals surface area contributed by atoms with Gasteiger partial charge in [0.05, 0.1) is 13.2 Å². The molecule has 1 aromatic carbocycles. The van der Waals surface area contributed by atoms with Crippen LogP contribution in [0.1, 0.15) is 6.92 Å². The van der Waals surface area contributed by atoms with E-state index in [4.69, 9.17) is 10.5 Å². The van der Waals surface area contributed by atoms with Gasteiger partial charge in [-0.1, -0.05) is 15.9 Å². The van der Waals surface area contributed by atoms with E-state index in [1.165, 1.54) is 26.2 Å². The summed E-state index contributed by atoms with van der Waals surface area (Å²) >= 11 is 3.17. The minimum absolute atomic E-state index is 0.0625. The van der Waals surface area contributed by atoms with E-state index in [2.05, 4.69) is 20.7 Å². The van der Waals surface area contributed by atoms with Gasteiger partial charge in [-0.05, 0) is 25.1 Å². The molecule has 3 N–H and O–H groups in total. The highest BCUT2D eigenvalue weighted by atomic mass is 79.9. The van der Waals surface area contributed by atoms with E-state index in [1.54, 1.807) is 6.07 Å². The zero-order valence-electron chi connectivity index (χ0n) is 9.81. The number of hydrogen-bond donors (Lipinski definition) is 2. The third-order valence-electron chi connectivity index (χ3n) is 2.17. The van der Waals surface area contributed by atoms with Crippen LogP contribution >= 0.6 is 15.9 Å². The van der Waals surface area contributed by atoms with E-state index in [1.807, 2.05) is 0 Å². The Balaban J connectivity index is 3.19. The summed E-state index contributed by atoms with van der Waals surface area (Å²) in [6.45, 7) is 1.37. The number of carbonyl (C=O) groups excluding carboxylic acids is 1. The van der Waals surface area contributed by atoms with Crippen LogP contribution < -0.4 is 15.2 Å². The Kier molecular flexibility index (Phi) is 4.71. The SMILES string of the molecule is COc1ccc(Br)cc1S(=O)(=O)NC(C)C(N)=O. The van der Waals surface area contributed by atoms with Crippen LogP contribution in [0.5, 0.6) is 5.75 Å². The molecule has 6 nitrogen and oxygen atoms in total. The Bertz CT molecular complexity index is 559. The van der Waals surface area contributed by atoms with Crippen LogP contribution in [0, 0.1) is 0 Å². The molecule has 0 saturated carbocycles. The van der Waals surface area contributed by atoms with Crippen molar-refractivity contribution in [3.63, 3.8) is 0 Å². The number of hydrogen-bond acceptors (Lipinski definition) is 4. The summed E-state index contributed by atoms with van der Waals surface area (Å²) in [6, 6.07) is 3.54. The van der Waals surface area contributed by atoms with Crippen molar-refractivity contribution >= 4 is 31.9 Å². The van der Waals surface area contributed by atoms with Gasteiger partial charge in [0.1, 0.15) is 10.6 Å². The van der Waals surface area contributed by atoms with E-state index in [0.717, 1.165) is 0 Å². The van der Waals surface area contributed by atoms with Crippen molar-refractivity contribution in [1.29, 1.82) is 0 Å². The number of halogens is 1. The fourth-order valence-electron chi connectivity index (χ4n) is 1.21. The third kappa shape index (κ3) is 3.44. The van der Waals surface area contributed by atoms with Crippen molar-refractivity contribution in [2.75, 3.05) is 7.11 Å². The molecule has 1 amide bonds. The molecule has 1 rings (SSSR count). The number of nitrogens with two attached hydrogens (primary N) is 1. The van der Waals surface area contributed by atoms with Gasteiger partial charge < -0.3 is 10.5 Å². The van der Waals surface area contributed by atoms with Crippen LogP contribution in [0.25, 0.3) is 0 Å². The molecule has 0 saturated heterocycles. The number of carbonyl (C=O) groups is 1. The van der Waals surface area contributed by atoms with Crippen LogP contribution in [0.2, 0.25) is 0 Å². The van der Waals surface area contributed by atoms with Gasteiger partial charge in [-0.15, -0.1) is 0 Å². The minimum atomic E-state index is -3.88.